The van der Waals surface area contributed by atoms with Gasteiger partial charge in [-0.15, -0.1) is 0 Å². The highest BCUT2D eigenvalue weighted by Crippen LogP contribution is 2.31. The average molecular weight is 437 g/mol. The van der Waals surface area contributed by atoms with Crippen molar-refractivity contribution in [2.75, 3.05) is 24.5 Å². The second-order valence-electron chi connectivity index (χ2n) is 8.22. The number of nitrogens with zero attached hydrogens (tertiary/aromatic N) is 2. The Morgan fingerprint density at radius 3 is 2.15 bits per heavy atom. The minimum absolute atomic E-state index is 0.0183. The number of carbonyl (C=O) groups excluding carboxylic acids is 2. The van der Waals surface area contributed by atoms with Gasteiger partial charge in [0, 0.05) is 36.9 Å². The molecule has 1 amide bonds. The van der Waals surface area contributed by atoms with Crippen molar-refractivity contribution in [1.82, 2.24) is 4.90 Å². The van der Waals surface area contributed by atoms with E-state index in [0.717, 1.165) is 22.1 Å². The first-order valence-corrected chi connectivity index (χ1v) is 11.1. The lowest BCUT2D eigenvalue weighted by atomic mass is 9.88. The van der Waals surface area contributed by atoms with Crippen LogP contribution in [0.3, 0.4) is 0 Å². The van der Waals surface area contributed by atoms with E-state index in [1.54, 1.807) is 4.90 Å². The van der Waals surface area contributed by atoms with Gasteiger partial charge in [0.05, 0.1) is 6.54 Å². The average Bonchev–Trinajstić information content (AvgIpc) is 3.32. The fraction of sp³-hybridized carbons (Fsp3) is 0.179. The minimum atomic E-state index is -0.0445. The van der Waals surface area contributed by atoms with Crippen LogP contribution in [-0.4, -0.2) is 36.4 Å². The number of amides is 1. The fourth-order valence-electron chi connectivity index (χ4n) is 4.45. The Morgan fingerprint density at radius 1 is 0.879 bits per heavy atom. The predicted molar refractivity (Wildman–Crippen MR) is 129 cm³/mol. The van der Waals surface area contributed by atoms with Crippen molar-refractivity contribution in [2.45, 2.75) is 12.3 Å². The van der Waals surface area contributed by atoms with E-state index >= 15 is 0 Å². The number of hydrogen-bond acceptors (Lipinski definition) is 4. The number of benzene rings is 3. The number of hydrogen-bond donors (Lipinski definition) is 0. The summed E-state index contributed by atoms with van der Waals surface area (Å²) in [5.41, 5.74) is 3.38. The summed E-state index contributed by atoms with van der Waals surface area (Å²) >= 11 is 0. The summed E-state index contributed by atoms with van der Waals surface area (Å²) < 4.78 is 5.94. The van der Waals surface area contributed by atoms with E-state index in [1.807, 2.05) is 77.6 Å². The largest absolute Gasteiger partial charge is 0.440 e. The molecule has 0 radical (unpaired) electrons. The molecule has 1 aromatic heterocycles. The third-order valence-corrected chi connectivity index (χ3v) is 6.19. The van der Waals surface area contributed by atoms with Gasteiger partial charge in [0.1, 0.15) is 17.2 Å². The summed E-state index contributed by atoms with van der Waals surface area (Å²) in [5.74, 6) is 2.62. The molecule has 1 aliphatic heterocycles. The molecule has 5 nitrogen and oxygen atoms in total. The molecule has 1 aliphatic rings. The smallest absolute Gasteiger partial charge is 0.223 e. The second kappa shape index (κ2) is 9.19. The Balaban J connectivity index is 1.34. The van der Waals surface area contributed by atoms with Gasteiger partial charge < -0.3 is 14.2 Å². The lowest BCUT2D eigenvalue weighted by Gasteiger charge is -2.35. The van der Waals surface area contributed by atoms with Gasteiger partial charge in [0.15, 0.2) is 0 Å². The minimum Gasteiger partial charge on any atom is -0.440 e. The Bertz CT molecular complexity index is 1230. The van der Waals surface area contributed by atoms with Gasteiger partial charge in [-0.05, 0) is 17.2 Å². The molecule has 0 atom stereocenters. The highest BCUT2D eigenvalue weighted by molar-refractivity contribution is 5.83. The van der Waals surface area contributed by atoms with Crippen LogP contribution >= 0.6 is 0 Å². The van der Waals surface area contributed by atoms with Crippen LogP contribution in [0.15, 0.2) is 101 Å². The third kappa shape index (κ3) is 4.32. The highest BCUT2D eigenvalue weighted by Gasteiger charge is 2.30. The summed E-state index contributed by atoms with van der Waals surface area (Å²) in [6, 6.07) is 29.8. The first kappa shape index (κ1) is 20.8. The lowest BCUT2D eigenvalue weighted by Crippen LogP contribution is -2.47. The number of anilines is 1. The maximum atomic E-state index is 13.3. The molecule has 0 spiro atoms. The first-order valence-electron chi connectivity index (χ1n) is 11.1. The summed E-state index contributed by atoms with van der Waals surface area (Å²) in [7, 11) is 0. The van der Waals surface area contributed by atoms with Crippen molar-refractivity contribution in [3.05, 3.63) is 108 Å². The summed E-state index contributed by atoms with van der Waals surface area (Å²) in [4.78, 5) is 28.7. The van der Waals surface area contributed by atoms with E-state index < -0.39 is 0 Å². The van der Waals surface area contributed by atoms with Gasteiger partial charge in [-0.3, -0.25) is 4.79 Å². The fourth-order valence-corrected chi connectivity index (χ4v) is 4.45. The molecular weight excluding hydrogens is 412 g/mol. The highest BCUT2D eigenvalue weighted by atomic mass is 16.4. The van der Waals surface area contributed by atoms with Crippen LogP contribution < -0.4 is 4.90 Å². The molecule has 1 fully saturated rings. The zero-order valence-corrected chi connectivity index (χ0v) is 18.2. The van der Waals surface area contributed by atoms with Gasteiger partial charge in [-0.1, -0.05) is 78.9 Å². The number of furan rings is 1. The van der Waals surface area contributed by atoms with Crippen molar-refractivity contribution in [3.63, 3.8) is 0 Å². The number of fused-ring (bicyclic) bond motifs is 1. The van der Waals surface area contributed by atoms with Crippen molar-refractivity contribution in [2.24, 2.45) is 0 Å². The molecule has 0 saturated carbocycles. The molecule has 164 valence electrons. The molecule has 0 unspecified atom stereocenters. The molecule has 0 N–H and O–H groups in total. The number of para-hydroxylation sites is 1. The van der Waals surface area contributed by atoms with Gasteiger partial charge in [-0.25, -0.2) is 4.79 Å². The Labute approximate surface area is 192 Å². The maximum Gasteiger partial charge on any atom is 0.223 e. The van der Waals surface area contributed by atoms with Gasteiger partial charge in [0.25, 0.3) is 0 Å². The van der Waals surface area contributed by atoms with E-state index in [2.05, 4.69) is 24.3 Å². The van der Waals surface area contributed by atoms with E-state index in [9.17, 15) is 9.59 Å². The van der Waals surface area contributed by atoms with Crippen molar-refractivity contribution >= 4 is 28.7 Å². The monoisotopic (exact) mass is 436 g/mol. The van der Waals surface area contributed by atoms with Crippen molar-refractivity contribution in [3.8, 4) is 0 Å². The zero-order chi connectivity index (χ0) is 22.6. The summed E-state index contributed by atoms with van der Waals surface area (Å²) in [5, 5.41) is 0.977. The maximum absolute atomic E-state index is 13.3. The van der Waals surface area contributed by atoms with Crippen LogP contribution in [-0.2, 0) is 9.59 Å². The van der Waals surface area contributed by atoms with Crippen LogP contribution in [0.2, 0.25) is 0 Å². The van der Waals surface area contributed by atoms with Gasteiger partial charge >= 0.3 is 0 Å². The Hall–Kier alpha value is -4.08. The summed E-state index contributed by atoms with van der Waals surface area (Å²) in [6.45, 7) is 1.21. The van der Waals surface area contributed by atoms with E-state index in [-0.39, 0.29) is 18.4 Å². The van der Waals surface area contributed by atoms with E-state index in [1.165, 1.54) is 0 Å². The van der Waals surface area contributed by atoms with Crippen LogP contribution in [0, 0.1) is 0 Å². The zero-order valence-electron chi connectivity index (χ0n) is 18.2. The number of rotatable bonds is 5. The van der Waals surface area contributed by atoms with Crippen LogP contribution in [0.25, 0.3) is 11.0 Å². The first-order chi connectivity index (χ1) is 16.2. The third-order valence-electron chi connectivity index (χ3n) is 6.19. The lowest BCUT2D eigenvalue weighted by molar-refractivity contribution is -0.131. The van der Waals surface area contributed by atoms with Crippen LogP contribution in [0.1, 0.15) is 23.5 Å². The second-order valence-corrected chi connectivity index (χ2v) is 8.22. The quantitative estimate of drug-likeness (QED) is 0.412. The SMILES string of the molecule is O=C=C1CN(C(=O)CC(c2ccccc2)c2ccccc2)CCN1c1cc2ccccc2o1. The number of piperazine rings is 1. The normalized spacial score (nSPS) is 14.0. The molecule has 5 heteroatoms. The molecule has 3 aromatic carbocycles. The molecule has 33 heavy (non-hydrogen) atoms. The van der Waals surface area contributed by atoms with Crippen molar-refractivity contribution < 1.29 is 14.0 Å². The van der Waals surface area contributed by atoms with Crippen LogP contribution in [0.5, 0.6) is 0 Å². The Kier molecular flexibility index (Phi) is 5.79. The molecule has 4 aromatic rings. The molecule has 1 saturated heterocycles. The topological polar surface area (TPSA) is 53.8 Å². The Morgan fingerprint density at radius 2 is 1.52 bits per heavy atom. The standard InChI is InChI=1S/C28H24N2O3/c31-20-24-19-29(15-16-30(24)28-17-23-13-7-8-14-26(23)33-28)27(32)18-25(21-9-3-1-4-10-21)22-11-5-2-6-12-22/h1-14,17,25H,15-16,18-19H2. The van der Waals surface area contributed by atoms with Gasteiger partial charge in [0.2, 0.25) is 11.8 Å². The van der Waals surface area contributed by atoms with E-state index in [4.69, 9.17) is 4.42 Å². The summed E-state index contributed by atoms with van der Waals surface area (Å²) in [6.07, 6.45) is 0.338. The predicted octanol–water partition coefficient (Wildman–Crippen LogP) is 5.02. The van der Waals surface area contributed by atoms with Crippen molar-refractivity contribution in [1.29, 1.82) is 0 Å². The number of carbonyl (C=O) groups is 1. The molecule has 2 heterocycles. The van der Waals surface area contributed by atoms with Crippen LogP contribution in [0.4, 0.5) is 5.88 Å². The molecule has 0 aliphatic carbocycles. The van der Waals surface area contributed by atoms with Gasteiger partial charge in [-0.2, -0.15) is 0 Å². The molecule has 0 bridgehead atoms. The van der Waals surface area contributed by atoms with E-state index in [0.29, 0.717) is 31.1 Å². The molecule has 5 rings (SSSR count). The molecular formula is C28H24N2O3.